The number of alkyl halides is 2. The van der Waals surface area contributed by atoms with Crippen molar-refractivity contribution in [2.75, 3.05) is 5.32 Å². The number of carbonyl (C=O) groups excluding carboxylic acids is 2. The quantitative estimate of drug-likeness (QED) is 0.396. The van der Waals surface area contributed by atoms with Gasteiger partial charge in [-0.05, 0) is 36.6 Å². The van der Waals surface area contributed by atoms with Gasteiger partial charge in [0.1, 0.15) is 0 Å². The highest BCUT2D eigenvalue weighted by Gasteiger charge is 2.51. The molecule has 6 nitrogen and oxygen atoms in total. The van der Waals surface area contributed by atoms with Gasteiger partial charge in [-0.25, -0.2) is 8.78 Å². The predicted octanol–water partition coefficient (Wildman–Crippen LogP) is 5.84. The van der Waals surface area contributed by atoms with Crippen LogP contribution in [-0.4, -0.2) is 16.8 Å². The first kappa shape index (κ1) is 24.1. The molecule has 0 bridgehead atoms. The maximum absolute atomic E-state index is 13.8. The summed E-state index contributed by atoms with van der Waals surface area (Å²) >= 11 is 0. The van der Waals surface area contributed by atoms with Crippen molar-refractivity contribution in [3.63, 3.8) is 0 Å². The Kier molecular flexibility index (Phi) is 6.95. The number of Topliss-reactive ketones (excluding diaryl/α,β-unsaturated/α-hetero) is 1. The van der Waals surface area contributed by atoms with Crippen LogP contribution in [0.4, 0.5) is 20.2 Å². The van der Waals surface area contributed by atoms with Crippen molar-refractivity contribution in [3.05, 3.63) is 77.7 Å². The van der Waals surface area contributed by atoms with Gasteiger partial charge >= 0.3 is 0 Å². The van der Waals surface area contributed by atoms with Crippen molar-refractivity contribution in [2.24, 2.45) is 5.41 Å². The molecular weight excluding hydrogens is 428 g/mol. The average Bonchev–Trinajstić information content (AvgIpc) is 3.33. The summed E-state index contributed by atoms with van der Waals surface area (Å²) in [6, 6.07) is 14.9. The van der Waals surface area contributed by atoms with Gasteiger partial charge in [-0.15, -0.1) is 0 Å². The Morgan fingerprint density at radius 2 is 1.79 bits per heavy atom. The monoisotopic (exact) mass is 455 g/mol. The van der Waals surface area contributed by atoms with E-state index in [0.717, 1.165) is 12.5 Å². The highest BCUT2D eigenvalue weighted by molar-refractivity contribution is 5.98. The van der Waals surface area contributed by atoms with E-state index in [1.807, 2.05) is 12.1 Å². The van der Waals surface area contributed by atoms with Crippen LogP contribution < -0.4 is 10.6 Å². The second-order valence-corrected chi connectivity index (χ2v) is 8.20. The molecule has 1 amide bonds. The van der Waals surface area contributed by atoms with Gasteiger partial charge in [-0.2, -0.15) is 0 Å². The van der Waals surface area contributed by atoms with Crippen molar-refractivity contribution in [1.29, 1.82) is 0 Å². The minimum Gasteiger partial charge on any atom is -0.355 e. The Labute approximate surface area is 191 Å². The lowest BCUT2D eigenvalue weighted by molar-refractivity contribution is -0.126. The van der Waals surface area contributed by atoms with Crippen LogP contribution in [0.5, 0.6) is 0 Å². The summed E-state index contributed by atoms with van der Waals surface area (Å²) in [5.41, 5.74) is 1.10. The van der Waals surface area contributed by atoms with Crippen molar-refractivity contribution in [1.82, 2.24) is 10.5 Å². The number of para-hydroxylation sites is 1. The molecule has 0 radical (unpaired) electrons. The number of anilines is 2. The van der Waals surface area contributed by atoms with Crippen LogP contribution in [0.2, 0.25) is 0 Å². The number of carbonyl (C=O) groups is 2. The van der Waals surface area contributed by atoms with E-state index in [9.17, 15) is 18.4 Å². The molecule has 1 fully saturated rings. The van der Waals surface area contributed by atoms with Gasteiger partial charge in [0.15, 0.2) is 0 Å². The van der Waals surface area contributed by atoms with Crippen LogP contribution >= 0.6 is 0 Å². The number of halogens is 2. The number of nitrogens with zero attached hydrogens (tertiary/aromatic N) is 1. The lowest BCUT2D eigenvalue weighted by atomic mass is 9.97. The molecule has 174 valence electrons. The molecule has 0 atom stereocenters. The fourth-order valence-electron chi connectivity index (χ4n) is 3.60. The zero-order valence-electron chi connectivity index (χ0n) is 17.5. The molecule has 0 aliphatic heterocycles. The first-order valence-corrected chi connectivity index (χ1v) is 10.3. The summed E-state index contributed by atoms with van der Waals surface area (Å²) in [7, 11) is 0. The van der Waals surface area contributed by atoms with E-state index in [-0.39, 0.29) is 36.9 Å². The number of hydrogen-bond donors (Lipinski definition) is 2. The Bertz CT molecular complexity index is 1100. The smallest absolute Gasteiger partial charge is 0.272 e. The molecule has 8 heteroatoms. The standard InChI is InChI=1S/C24H23F2N3O3.CH4/c1-23(25,26)18-4-2-3-5-19(18)29-17-8-6-16(7-9-17)15-27-22(31)24(11-12-24)14-20(30)21-10-13-28-32-21;/h2-10,13,29H,11-12,14-15H2,1H3,(H,27,31);1H4. The summed E-state index contributed by atoms with van der Waals surface area (Å²) in [6.45, 7) is 1.17. The third kappa shape index (κ3) is 5.63. The van der Waals surface area contributed by atoms with Crippen LogP contribution in [0.3, 0.4) is 0 Å². The second-order valence-electron chi connectivity index (χ2n) is 8.20. The summed E-state index contributed by atoms with van der Waals surface area (Å²) < 4.78 is 32.5. The number of benzene rings is 2. The molecule has 33 heavy (non-hydrogen) atoms. The van der Waals surface area contributed by atoms with Gasteiger partial charge in [0, 0.05) is 42.9 Å². The van der Waals surface area contributed by atoms with Crippen molar-refractivity contribution in [3.8, 4) is 0 Å². The maximum Gasteiger partial charge on any atom is 0.272 e. The van der Waals surface area contributed by atoms with E-state index in [2.05, 4.69) is 15.8 Å². The van der Waals surface area contributed by atoms with Gasteiger partial charge in [-0.3, -0.25) is 9.59 Å². The number of hydrogen-bond acceptors (Lipinski definition) is 5. The topological polar surface area (TPSA) is 84.2 Å². The molecule has 4 rings (SSSR count). The Morgan fingerprint density at radius 3 is 2.39 bits per heavy atom. The van der Waals surface area contributed by atoms with Gasteiger partial charge in [-0.1, -0.05) is 42.9 Å². The van der Waals surface area contributed by atoms with Crippen molar-refractivity contribution >= 4 is 23.1 Å². The minimum absolute atomic E-state index is 0. The minimum atomic E-state index is -2.96. The third-order valence-corrected chi connectivity index (χ3v) is 5.63. The van der Waals surface area contributed by atoms with E-state index in [1.54, 1.807) is 30.3 Å². The van der Waals surface area contributed by atoms with Crippen molar-refractivity contribution in [2.45, 2.75) is 46.1 Å². The first-order chi connectivity index (χ1) is 15.3. The molecule has 1 aliphatic carbocycles. The molecule has 2 N–H and O–H groups in total. The highest BCUT2D eigenvalue weighted by Crippen LogP contribution is 2.49. The highest BCUT2D eigenvalue weighted by atomic mass is 19.3. The number of rotatable bonds is 9. The predicted molar refractivity (Wildman–Crippen MR) is 121 cm³/mol. The molecule has 1 aliphatic rings. The van der Waals surface area contributed by atoms with E-state index in [1.165, 1.54) is 18.3 Å². The molecule has 0 unspecified atom stereocenters. The van der Waals surface area contributed by atoms with E-state index < -0.39 is 11.3 Å². The molecule has 1 aromatic heterocycles. The third-order valence-electron chi connectivity index (χ3n) is 5.63. The van der Waals surface area contributed by atoms with Crippen LogP contribution in [0.15, 0.2) is 65.3 Å². The van der Waals surface area contributed by atoms with Gasteiger partial charge < -0.3 is 15.2 Å². The zero-order valence-corrected chi connectivity index (χ0v) is 17.5. The lowest BCUT2D eigenvalue weighted by Gasteiger charge is -2.17. The number of ketones is 1. The molecule has 2 aromatic carbocycles. The molecule has 0 spiro atoms. The average molecular weight is 456 g/mol. The fourth-order valence-corrected chi connectivity index (χ4v) is 3.60. The molecule has 1 saturated carbocycles. The Balaban J connectivity index is 0.00000306. The lowest BCUT2D eigenvalue weighted by Crippen LogP contribution is -2.33. The van der Waals surface area contributed by atoms with Gasteiger partial charge in [0.2, 0.25) is 17.5 Å². The van der Waals surface area contributed by atoms with Gasteiger partial charge in [0.25, 0.3) is 5.92 Å². The second kappa shape index (κ2) is 9.52. The fraction of sp³-hybridized carbons (Fsp3) is 0.320. The zero-order chi connectivity index (χ0) is 22.8. The van der Waals surface area contributed by atoms with E-state index >= 15 is 0 Å². The van der Waals surface area contributed by atoms with Crippen LogP contribution in [0.25, 0.3) is 0 Å². The van der Waals surface area contributed by atoms with E-state index in [0.29, 0.717) is 30.8 Å². The van der Waals surface area contributed by atoms with Crippen molar-refractivity contribution < 1.29 is 22.9 Å². The SMILES string of the molecule is C.CC(F)(F)c1ccccc1Nc1ccc(CNC(=O)C2(CC(=O)c3ccno3)CC2)cc1. The van der Waals surface area contributed by atoms with Crippen LogP contribution in [0, 0.1) is 5.41 Å². The first-order valence-electron chi connectivity index (χ1n) is 10.3. The van der Waals surface area contributed by atoms with E-state index in [4.69, 9.17) is 4.52 Å². The molecule has 3 aromatic rings. The maximum atomic E-state index is 13.8. The normalized spacial score (nSPS) is 14.2. The van der Waals surface area contributed by atoms with Crippen LogP contribution in [0.1, 0.15) is 55.3 Å². The van der Waals surface area contributed by atoms with Crippen LogP contribution in [-0.2, 0) is 17.3 Å². The molecular formula is C25H27F2N3O3. The number of aromatic nitrogens is 1. The summed E-state index contributed by atoms with van der Waals surface area (Å²) in [5, 5.41) is 9.44. The number of amides is 1. The van der Waals surface area contributed by atoms with Gasteiger partial charge in [0.05, 0.1) is 11.6 Å². The summed E-state index contributed by atoms with van der Waals surface area (Å²) in [5.74, 6) is -3.19. The largest absolute Gasteiger partial charge is 0.355 e. The Hall–Kier alpha value is -3.55. The summed E-state index contributed by atoms with van der Waals surface area (Å²) in [6.07, 6.45) is 2.81. The molecule has 1 heterocycles. The Morgan fingerprint density at radius 1 is 1.09 bits per heavy atom. The summed E-state index contributed by atoms with van der Waals surface area (Å²) in [4.78, 5) is 24.9. The number of nitrogens with one attached hydrogen (secondary N) is 2. The molecule has 0 saturated heterocycles.